The van der Waals surface area contributed by atoms with E-state index >= 15 is 0 Å². The summed E-state index contributed by atoms with van der Waals surface area (Å²) in [7, 11) is 0. The van der Waals surface area contributed by atoms with E-state index in [2.05, 4.69) is 53.5 Å². The van der Waals surface area contributed by atoms with Crippen LogP contribution in [-0.4, -0.2) is 6.26 Å². The van der Waals surface area contributed by atoms with Gasteiger partial charge >= 0.3 is 0 Å². The van der Waals surface area contributed by atoms with Crippen LogP contribution in [0, 0.1) is 0 Å². The first-order chi connectivity index (χ1) is 8.33. The van der Waals surface area contributed by atoms with Crippen LogP contribution in [0.5, 0.6) is 0 Å². The minimum Gasteiger partial charge on any atom is -0.271 e. The van der Waals surface area contributed by atoms with Crippen LogP contribution in [0.4, 0.5) is 0 Å². The van der Waals surface area contributed by atoms with Gasteiger partial charge in [-0.3, -0.25) is 11.3 Å². The molecule has 2 nitrogen and oxygen atoms in total. The Morgan fingerprint density at radius 1 is 1.29 bits per heavy atom. The Balaban J connectivity index is 2.11. The summed E-state index contributed by atoms with van der Waals surface area (Å²) in [6, 6.07) is 13.0. The van der Waals surface area contributed by atoms with Crippen LogP contribution in [-0.2, 0) is 6.42 Å². The Morgan fingerprint density at radius 3 is 2.59 bits per heavy atom. The van der Waals surface area contributed by atoms with Crippen LogP contribution in [0.15, 0.2) is 46.7 Å². The standard InChI is InChI=1S/C13H16N2S2/c1-16-11-6-4-10(5-7-11)13(15-14)9-12-3-2-8-17-12/h2-8,13,15H,9,14H2,1H3. The van der Waals surface area contributed by atoms with Crippen molar-refractivity contribution in [1.29, 1.82) is 0 Å². The average molecular weight is 264 g/mol. The summed E-state index contributed by atoms with van der Waals surface area (Å²) in [5.41, 5.74) is 4.13. The van der Waals surface area contributed by atoms with Crippen LogP contribution in [0.1, 0.15) is 16.5 Å². The number of thiophene rings is 1. The summed E-state index contributed by atoms with van der Waals surface area (Å²) >= 11 is 3.52. The van der Waals surface area contributed by atoms with Gasteiger partial charge in [-0.2, -0.15) is 0 Å². The molecule has 1 aromatic carbocycles. The lowest BCUT2D eigenvalue weighted by molar-refractivity contribution is 0.555. The molecule has 4 heteroatoms. The Hall–Kier alpha value is -0.810. The summed E-state index contributed by atoms with van der Waals surface area (Å²) in [6.07, 6.45) is 3.02. The Bertz CT molecular complexity index is 437. The molecule has 1 aromatic heterocycles. The van der Waals surface area contributed by atoms with Crippen molar-refractivity contribution in [3.8, 4) is 0 Å². The molecule has 2 aromatic rings. The number of rotatable bonds is 5. The molecule has 0 fully saturated rings. The van der Waals surface area contributed by atoms with Gasteiger partial charge in [0, 0.05) is 16.2 Å². The summed E-state index contributed by atoms with van der Waals surface area (Å²) in [6.45, 7) is 0. The largest absolute Gasteiger partial charge is 0.271 e. The average Bonchev–Trinajstić information content (AvgIpc) is 2.89. The van der Waals surface area contributed by atoms with Crippen molar-refractivity contribution in [1.82, 2.24) is 5.43 Å². The van der Waals surface area contributed by atoms with Gasteiger partial charge in [0.25, 0.3) is 0 Å². The number of hydrogen-bond donors (Lipinski definition) is 2. The monoisotopic (exact) mass is 264 g/mol. The summed E-state index contributed by atoms with van der Waals surface area (Å²) in [4.78, 5) is 2.63. The van der Waals surface area contributed by atoms with Gasteiger partial charge in [-0.15, -0.1) is 23.1 Å². The van der Waals surface area contributed by atoms with Gasteiger partial charge in [0.15, 0.2) is 0 Å². The molecule has 0 amide bonds. The van der Waals surface area contributed by atoms with Crippen molar-refractivity contribution in [2.45, 2.75) is 17.4 Å². The molecular weight excluding hydrogens is 248 g/mol. The Kier molecular flexibility index (Phi) is 4.62. The van der Waals surface area contributed by atoms with Crippen LogP contribution < -0.4 is 11.3 Å². The molecule has 1 atom stereocenters. The van der Waals surface area contributed by atoms with Crippen molar-refractivity contribution in [3.63, 3.8) is 0 Å². The highest BCUT2D eigenvalue weighted by atomic mass is 32.2. The molecule has 3 N–H and O–H groups in total. The zero-order valence-corrected chi connectivity index (χ0v) is 11.4. The fourth-order valence-corrected chi connectivity index (χ4v) is 2.90. The highest BCUT2D eigenvalue weighted by Gasteiger charge is 2.10. The second kappa shape index (κ2) is 6.21. The fourth-order valence-electron chi connectivity index (χ4n) is 1.74. The lowest BCUT2D eigenvalue weighted by atomic mass is 10.0. The highest BCUT2D eigenvalue weighted by Crippen LogP contribution is 2.23. The number of nitrogens with one attached hydrogen (secondary N) is 1. The molecule has 0 saturated carbocycles. The number of benzene rings is 1. The first-order valence-electron chi connectivity index (χ1n) is 5.46. The van der Waals surface area contributed by atoms with Gasteiger partial charge in [-0.1, -0.05) is 18.2 Å². The maximum atomic E-state index is 5.64. The van der Waals surface area contributed by atoms with Gasteiger partial charge in [0.05, 0.1) is 6.04 Å². The van der Waals surface area contributed by atoms with E-state index in [1.54, 1.807) is 23.1 Å². The Labute approximate surface area is 110 Å². The first-order valence-corrected chi connectivity index (χ1v) is 7.56. The van der Waals surface area contributed by atoms with Gasteiger partial charge in [0.1, 0.15) is 0 Å². The zero-order valence-electron chi connectivity index (χ0n) is 9.72. The maximum Gasteiger partial charge on any atom is 0.0508 e. The van der Waals surface area contributed by atoms with Gasteiger partial charge in [-0.05, 0) is 35.4 Å². The Morgan fingerprint density at radius 2 is 2.06 bits per heavy atom. The highest BCUT2D eigenvalue weighted by molar-refractivity contribution is 7.98. The normalized spacial score (nSPS) is 12.6. The quantitative estimate of drug-likeness (QED) is 0.495. The van der Waals surface area contributed by atoms with E-state index in [4.69, 9.17) is 5.84 Å². The van der Waals surface area contributed by atoms with E-state index in [0.29, 0.717) is 0 Å². The molecule has 0 aliphatic heterocycles. The number of nitrogens with two attached hydrogens (primary N) is 1. The third-order valence-electron chi connectivity index (χ3n) is 2.70. The SMILES string of the molecule is CSc1ccc(C(Cc2cccs2)NN)cc1. The predicted molar refractivity (Wildman–Crippen MR) is 76.3 cm³/mol. The third kappa shape index (κ3) is 3.33. The van der Waals surface area contributed by atoms with Gasteiger partial charge in [0.2, 0.25) is 0 Å². The van der Waals surface area contributed by atoms with Crippen LogP contribution in [0.3, 0.4) is 0 Å². The van der Waals surface area contributed by atoms with Crippen LogP contribution in [0.25, 0.3) is 0 Å². The molecule has 0 bridgehead atoms. The summed E-state index contributed by atoms with van der Waals surface area (Å²) in [5, 5.41) is 2.10. The van der Waals surface area contributed by atoms with E-state index in [9.17, 15) is 0 Å². The molecule has 1 heterocycles. The van der Waals surface area contributed by atoms with Crippen molar-refractivity contribution >= 4 is 23.1 Å². The number of hydrazine groups is 1. The lowest BCUT2D eigenvalue weighted by Gasteiger charge is -2.15. The maximum absolute atomic E-state index is 5.64. The van der Waals surface area contributed by atoms with Crippen LogP contribution in [0.2, 0.25) is 0 Å². The third-order valence-corrected chi connectivity index (χ3v) is 4.35. The van der Waals surface area contributed by atoms with Gasteiger partial charge < -0.3 is 0 Å². The summed E-state index contributed by atoms with van der Waals surface area (Å²) < 4.78 is 0. The molecule has 1 unspecified atom stereocenters. The molecular formula is C13H16N2S2. The second-order valence-corrected chi connectivity index (χ2v) is 5.69. The zero-order chi connectivity index (χ0) is 12.1. The minimum atomic E-state index is 0.185. The minimum absolute atomic E-state index is 0.185. The van der Waals surface area contributed by atoms with Crippen molar-refractivity contribution in [2.24, 2.45) is 5.84 Å². The molecule has 2 rings (SSSR count). The molecule has 0 saturated heterocycles. The van der Waals surface area contributed by atoms with E-state index in [1.165, 1.54) is 15.3 Å². The van der Waals surface area contributed by atoms with Crippen molar-refractivity contribution in [2.75, 3.05) is 6.26 Å². The predicted octanol–water partition coefficient (Wildman–Crippen LogP) is 3.22. The van der Waals surface area contributed by atoms with E-state index in [-0.39, 0.29) is 6.04 Å². The van der Waals surface area contributed by atoms with E-state index < -0.39 is 0 Å². The first kappa shape index (κ1) is 12.6. The molecule has 17 heavy (non-hydrogen) atoms. The number of hydrogen-bond acceptors (Lipinski definition) is 4. The van der Waals surface area contributed by atoms with Gasteiger partial charge in [-0.25, -0.2) is 0 Å². The molecule has 0 aliphatic carbocycles. The number of thioether (sulfide) groups is 1. The molecule has 90 valence electrons. The van der Waals surface area contributed by atoms with Crippen molar-refractivity contribution < 1.29 is 0 Å². The van der Waals surface area contributed by atoms with E-state index in [0.717, 1.165) is 6.42 Å². The van der Waals surface area contributed by atoms with E-state index in [1.807, 2.05) is 0 Å². The van der Waals surface area contributed by atoms with Crippen LogP contribution >= 0.6 is 23.1 Å². The fraction of sp³-hybridized carbons (Fsp3) is 0.231. The van der Waals surface area contributed by atoms with Crippen molar-refractivity contribution in [3.05, 3.63) is 52.2 Å². The lowest BCUT2D eigenvalue weighted by Crippen LogP contribution is -2.29. The summed E-state index contributed by atoms with van der Waals surface area (Å²) in [5.74, 6) is 5.64. The molecule has 0 aliphatic rings. The topological polar surface area (TPSA) is 38.0 Å². The molecule has 0 spiro atoms. The molecule has 0 radical (unpaired) electrons. The smallest absolute Gasteiger partial charge is 0.0508 e. The second-order valence-electron chi connectivity index (χ2n) is 3.78.